The van der Waals surface area contributed by atoms with Crippen molar-refractivity contribution in [2.75, 3.05) is 33.4 Å². The maximum atomic E-state index is 6.07. The number of fused-ring (bicyclic) bond motifs is 1. The molecule has 6 nitrogen and oxygen atoms in total. The number of benzene rings is 1. The predicted molar refractivity (Wildman–Crippen MR) is 108 cm³/mol. The molecule has 6 heteroatoms. The summed E-state index contributed by atoms with van der Waals surface area (Å²) in [4.78, 5) is 4.32. The molecule has 0 spiro atoms. The second-order valence-electron chi connectivity index (χ2n) is 6.56. The van der Waals surface area contributed by atoms with Crippen LogP contribution in [0.1, 0.15) is 38.5 Å². The minimum atomic E-state index is -0.0135. The molecule has 2 N–H and O–H groups in total. The normalized spacial score (nSPS) is 16.1. The lowest BCUT2D eigenvalue weighted by atomic mass is 10.1. The zero-order valence-corrected chi connectivity index (χ0v) is 16.4. The van der Waals surface area contributed by atoms with Crippen LogP contribution in [-0.2, 0) is 4.74 Å². The summed E-state index contributed by atoms with van der Waals surface area (Å²) < 4.78 is 17.1. The highest BCUT2D eigenvalue weighted by Gasteiger charge is 2.15. The van der Waals surface area contributed by atoms with Crippen molar-refractivity contribution in [1.29, 1.82) is 0 Å². The SMILES string of the molecule is CCOc1cccc2cc(C(C)NC(=NC)NCCC3=CCOCC3)oc12. The van der Waals surface area contributed by atoms with Crippen LogP contribution in [-0.4, -0.2) is 39.4 Å². The van der Waals surface area contributed by atoms with E-state index in [0.29, 0.717) is 6.61 Å². The van der Waals surface area contributed by atoms with Gasteiger partial charge >= 0.3 is 0 Å². The molecule has 2 heterocycles. The van der Waals surface area contributed by atoms with Gasteiger partial charge in [0.2, 0.25) is 0 Å². The molecular weight excluding hydrogens is 342 g/mol. The highest BCUT2D eigenvalue weighted by molar-refractivity contribution is 5.84. The Kier molecular flexibility index (Phi) is 6.76. The zero-order valence-electron chi connectivity index (χ0n) is 16.4. The number of rotatable bonds is 7. The third-order valence-corrected chi connectivity index (χ3v) is 4.63. The largest absolute Gasteiger partial charge is 0.490 e. The molecule has 0 fully saturated rings. The zero-order chi connectivity index (χ0) is 19.1. The minimum absolute atomic E-state index is 0.0135. The number of furan rings is 1. The number of nitrogens with zero attached hydrogens (tertiary/aromatic N) is 1. The molecule has 0 saturated carbocycles. The van der Waals surface area contributed by atoms with Crippen LogP contribution in [0.3, 0.4) is 0 Å². The number of hydrogen-bond acceptors (Lipinski definition) is 4. The number of para-hydroxylation sites is 1. The number of guanidine groups is 1. The van der Waals surface area contributed by atoms with Gasteiger partial charge in [-0.3, -0.25) is 4.99 Å². The second kappa shape index (κ2) is 9.46. The van der Waals surface area contributed by atoms with Crippen molar-refractivity contribution < 1.29 is 13.9 Å². The first-order chi connectivity index (χ1) is 13.2. The summed E-state index contributed by atoms with van der Waals surface area (Å²) >= 11 is 0. The fraction of sp³-hybridized carbons (Fsp3) is 0.476. The Balaban J connectivity index is 1.59. The number of aliphatic imine (C=N–C) groups is 1. The second-order valence-corrected chi connectivity index (χ2v) is 6.56. The molecule has 2 aromatic rings. The average Bonchev–Trinajstić information content (AvgIpc) is 3.14. The van der Waals surface area contributed by atoms with E-state index in [0.717, 1.165) is 61.0 Å². The van der Waals surface area contributed by atoms with E-state index in [9.17, 15) is 0 Å². The Morgan fingerprint density at radius 3 is 3.00 bits per heavy atom. The molecule has 1 atom stereocenters. The van der Waals surface area contributed by atoms with Crippen LogP contribution in [0.4, 0.5) is 0 Å². The summed E-state index contributed by atoms with van der Waals surface area (Å²) in [6, 6.07) is 7.99. The van der Waals surface area contributed by atoms with Crippen molar-refractivity contribution in [2.24, 2.45) is 4.99 Å². The first-order valence-electron chi connectivity index (χ1n) is 9.59. The Morgan fingerprint density at radius 1 is 1.37 bits per heavy atom. The fourth-order valence-corrected chi connectivity index (χ4v) is 3.14. The molecule has 1 aromatic heterocycles. The molecule has 3 rings (SSSR count). The van der Waals surface area contributed by atoms with Crippen molar-refractivity contribution in [3.8, 4) is 5.75 Å². The van der Waals surface area contributed by atoms with Crippen molar-refractivity contribution in [1.82, 2.24) is 10.6 Å². The third-order valence-electron chi connectivity index (χ3n) is 4.63. The molecule has 0 aliphatic carbocycles. The summed E-state index contributed by atoms with van der Waals surface area (Å²) in [5.74, 6) is 2.40. The molecule has 0 amide bonds. The van der Waals surface area contributed by atoms with Crippen LogP contribution in [0, 0.1) is 0 Å². The monoisotopic (exact) mass is 371 g/mol. The number of nitrogens with one attached hydrogen (secondary N) is 2. The van der Waals surface area contributed by atoms with Crippen LogP contribution in [0.25, 0.3) is 11.0 Å². The Hall–Kier alpha value is -2.47. The van der Waals surface area contributed by atoms with E-state index >= 15 is 0 Å². The van der Waals surface area contributed by atoms with Gasteiger partial charge < -0.3 is 24.5 Å². The summed E-state index contributed by atoms with van der Waals surface area (Å²) in [6.07, 6.45) is 4.19. The Labute approximate surface area is 160 Å². The maximum absolute atomic E-state index is 6.07. The lowest BCUT2D eigenvalue weighted by Crippen LogP contribution is -2.39. The van der Waals surface area contributed by atoms with E-state index in [-0.39, 0.29) is 6.04 Å². The molecule has 1 aromatic carbocycles. The van der Waals surface area contributed by atoms with E-state index in [2.05, 4.69) is 34.7 Å². The van der Waals surface area contributed by atoms with Crippen LogP contribution < -0.4 is 15.4 Å². The van der Waals surface area contributed by atoms with E-state index < -0.39 is 0 Å². The Bertz CT molecular complexity index is 810. The van der Waals surface area contributed by atoms with Gasteiger partial charge in [0, 0.05) is 19.0 Å². The van der Waals surface area contributed by atoms with Crippen molar-refractivity contribution in [3.05, 3.63) is 41.7 Å². The van der Waals surface area contributed by atoms with Gasteiger partial charge in [-0.05, 0) is 38.8 Å². The smallest absolute Gasteiger partial charge is 0.191 e. The summed E-state index contributed by atoms with van der Waals surface area (Å²) in [6.45, 7) is 7.04. The molecule has 0 saturated heterocycles. The number of ether oxygens (including phenoxy) is 2. The van der Waals surface area contributed by atoms with Gasteiger partial charge in [0.1, 0.15) is 5.76 Å². The molecule has 0 bridgehead atoms. The quantitative estimate of drug-likeness (QED) is 0.440. The highest BCUT2D eigenvalue weighted by atomic mass is 16.5. The molecule has 1 unspecified atom stereocenters. The fourth-order valence-electron chi connectivity index (χ4n) is 3.14. The highest BCUT2D eigenvalue weighted by Crippen LogP contribution is 2.31. The lowest BCUT2D eigenvalue weighted by molar-refractivity contribution is 0.153. The van der Waals surface area contributed by atoms with Crippen LogP contribution in [0.15, 0.2) is 45.3 Å². The van der Waals surface area contributed by atoms with Crippen molar-refractivity contribution >= 4 is 16.9 Å². The van der Waals surface area contributed by atoms with Gasteiger partial charge in [0.15, 0.2) is 17.3 Å². The molecule has 1 aliphatic rings. The van der Waals surface area contributed by atoms with Crippen LogP contribution in [0.5, 0.6) is 5.75 Å². The standard InChI is InChI=1S/C21H29N3O3/c1-4-26-18-7-5-6-17-14-19(27-20(17)18)15(2)24-21(22-3)23-11-8-16-9-12-25-13-10-16/h5-7,9,14-15H,4,8,10-13H2,1-3H3,(H2,22,23,24). The predicted octanol–water partition coefficient (Wildman–Crippen LogP) is 3.79. The van der Waals surface area contributed by atoms with Gasteiger partial charge in [0.25, 0.3) is 0 Å². The van der Waals surface area contributed by atoms with E-state index in [4.69, 9.17) is 13.9 Å². The summed E-state index contributed by atoms with van der Waals surface area (Å²) in [5.41, 5.74) is 2.23. The molecule has 146 valence electrons. The topological polar surface area (TPSA) is 68.0 Å². The first kappa shape index (κ1) is 19.3. The van der Waals surface area contributed by atoms with Crippen molar-refractivity contribution in [2.45, 2.75) is 32.7 Å². The van der Waals surface area contributed by atoms with Gasteiger partial charge in [-0.1, -0.05) is 23.8 Å². The third kappa shape index (κ3) is 5.04. The summed E-state index contributed by atoms with van der Waals surface area (Å²) in [7, 11) is 1.78. The van der Waals surface area contributed by atoms with Crippen molar-refractivity contribution in [3.63, 3.8) is 0 Å². The Morgan fingerprint density at radius 2 is 2.26 bits per heavy atom. The van der Waals surface area contributed by atoms with E-state index in [1.54, 1.807) is 7.05 Å². The van der Waals surface area contributed by atoms with Gasteiger partial charge in [0.05, 0.1) is 25.9 Å². The first-order valence-corrected chi connectivity index (χ1v) is 9.59. The van der Waals surface area contributed by atoms with E-state index in [1.807, 2.05) is 25.1 Å². The molecule has 1 aliphatic heterocycles. The summed E-state index contributed by atoms with van der Waals surface area (Å²) in [5, 5.41) is 7.81. The van der Waals surface area contributed by atoms with Crippen LogP contribution in [0.2, 0.25) is 0 Å². The number of hydrogen-bond donors (Lipinski definition) is 2. The lowest BCUT2D eigenvalue weighted by Gasteiger charge is -2.18. The molecular formula is C21H29N3O3. The average molecular weight is 371 g/mol. The minimum Gasteiger partial charge on any atom is -0.490 e. The van der Waals surface area contributed by atoms with E-state index in [1.165, 1.54) is 5.57 Å². The molecule has 0 radical (unpaired) electrons. The van der Waals surface area contributed by atoms with Gasteiger partial charge in [-0.15, -0.1) is 0 Å². The van der Waals surface area contributed by atoms with Crippen LogP contribution >= 0.6 is 0 Å². The maximum Gasteiger partial charge on any atom is 0.191 e. The van der Waals surface area contributed by atoms with Gasteiger partial charge in [-0.2, -0.15) is 0 Å². The van der Waals surface area contributed by atoms with Gasteiger partial charge in [-0.25, -0.2) is 0 Å². The molecule has 27 heavy (non-hydrogen) atoms.